The molecule has 1 aliphatic heterocycles. The Balaban J connectivity index is 0.000000269. The topological polar surface area (TPSA) is 49.4 Å². The summed E-state index contributed by atoms with van der Waals surface area (Å²) in [5, 5.41) is 2.53. The van der Waals surface area contributed by atoms with Crippen LogP contribution in [0.15, 0.2) is 84.9 Å². The molecule has 1 heterocycles. The maximum Gasteiger partial charge on any atom is 0.254 e. The van der Waals surface area contributed by atoms with Gasteiger partial charge in [0.1, 0.15) is 0 Å². The number of amides is 2. The Kier molecular flexibility index (Phi) is 8.61. The molecule has 4 heteroatoms. The number of rotatable bonds is 5. The first-order valence-corrected chi connectivity index (χ1v) is 11.3. The first kappa shape index (κ1) is 23.3. The van der Waals surface area contributed by atoms with E-state index in [0.29, 0.717) is 12.3 Å². The number of hydrogen-bond donors (Lipinski definition) is 1. The summed E-state index contributed by atoms with van der Waals surface area (Å²) < 4.78 is 0. The summed E-state index contributed by atoms with van der Waals surface area (Å²) in [6.45, 7) is 5.27. The van der Waals surface area contributed by atoms with E-state index in [1.54, 1.807) is 0 Å². The number of benzene rings is 3. The highest BCUT2D eigenvalue weighted by molar-refractivity contribution is 5.94. The van der Waals surface area contributed by atoms with Crippen LogP contribution in [0.3, 0.4) is 0 Å². The average molecular weight is 429 g/mol. The van der Waals surface area contributed by atoms with Crippen LogP contribution in [0.1, 0.15) is 66.6 Å². The van der Waals surface area contributed by atoms with E-state index in [1.165, 1.54) is 17.5 Å². The van der Waals surface area contributed by atoms with Crippen LogP contribution < -0.4 is 5.32 Å². The van der Waals surface area contributed by atoms with E-state index in [-0.39, 0.29) is 11.9 Å². The molecule has 1 unspecified atom stereocenters. The molecular weight excluding hydrogens is 396 g/mol. The molecule has 4 rings (SSSR count). The van der Waals surface area contributed by atoms with Crippen molar-refractivity contribution in [1.82, 2.24) is 4.90 Å². The lowest BCUT2D eigenvalue weighted by Gasteiger charge is -2.36. The molecular formula is C28H32N2O2. The van der Waals surface area contributed by atoms with Crippen molar-refractivity contribution < 1.29 is 9.59 Å². The van der Waals surface area contributed by atoms with Gasteiger partial charge < -0.3 is 10.2 Å². The summed E-state index contributed by atoms with van der Waals surface area (Å²) in [5.74, 6) is 0.695. The van der Waals surface area contributed by atoms with Crippen LogP contribution in [0.2, 0.25) is 0 Å². The summed E-state index contributed by atoms with van der Waals surface area (Å²) in [6, 6.07) is 28.0. The van der Waals surface area contributed by atoms with Crippen LogP contribution in [0.5, 0.6) is 0 Å². The molecule has 1 fully saturated rings. The van der Waals surface area contributed by atoms with Crippen molar-refractivity contribution in [2.45, 2.75) is 45.1 Å². The second-order valence-electron chi connectivity index (χ2n) is 8.33. The molecule has 3 aromatic carbocycles. The number of anilines is 1. The Bertz CT molecular complexity index is 969. The number of nitrogens with zero attached hydrogens (tertiary/aromatic N) is 1. The maximum atomic E-state index is 12.9. The number of piperidine rings is 1. The molecule has 1 atom stereocenters. The number of carbonyl (C=O) groups is 2. The lowest BCUT2D eigenvalue weighted by atomic mass is 9.92. The molecule has 4 nitrogen and oxygen atoms in total. The fourth-order valence-corrected chi connectivity index (χ4v) is 3.97. The highest BCUT2D eigenvalue weighted by atomic mass is 16.2. The van der Waals surface area contributed by atoms with Gasteiger partial charge in [0.05, 0.1) is 6.04 Å². The fraction of sp³-hybridized carbons (Fsp3) is 0.286. The minimum absolute atomic E-state index is 0.156. The monoisotopic (exact) mass is 428 g/mol. The maximum absolute atomic E-state index is 12.9. The van der Waals surface area contributed by atoms with E-state index >= 15 is 0 Å². The minimum Gasteiger partial charge on any atom is -0.332 e. The molecule has 0 aliphatic carbocycles. The molecule has 1 N–H and O–H groups in total. The van der Waals surface area contributed by atoms with Crippen LogP contribution >= 0.6 is 0 Å². The van der Waals surface area contributed by atoms with Gasteiger partial charge in [-0.1, -0.05) is 74.5 Å². The Morgan fingerprint density at radius 2 is 1.53 bits per heavy atom. The Hall–Kier alpha value is -3.40. The number of carbonyl (C=O) groups excluding carboxylic acids is 2. The van der Waals surface area contributed by atoms with Crippen molar-refractivity contribution in [2.75, 3.05) is 11.9 Å². The molecule has 166 valence electrons. The van der Waals surface area contributed by atoms with E-state index in [9.17, 15) is 9.59 Å². The van der Waals surface area contributed by atoms with E-state index in [2.05, 4.69) is 48.3 Å². The van der Waals surface area contributed by atoms with Crippen molar-refractivity contribution in [2.24, 2.45) is 0 Å². The van der Waals surface area contributed by atoms with Crippen molar-refractivity contribution in [3.05, 3.63) is 102 Å². The Morgan fingerprint density at radius 1 is 0.906 bits per heavy atom. The van der Waals surface area contributed by atoms with E-state index in [1.807, 2.05) is 60.7 Å². The molecule has 1 aliphatic rings. The van der Waals surface area contributed by atoms with Crippen LogP contribution in [0.25, 0.3) is 0 Å². The van der Waals surface area contributed by atoms with E-state index in [4.69, 9.17) is 0 Å². The number of para-hydroxylation sites is 1. The third kappa shape index (κ3) is 6.30. The van der Waals surface area contributed by atoms with Gasteiger partial charge >= 0.3 is 0 Å². The first-order chi connectivity index (χ1) is 15.6. The molecule has 2 amide bonds. The third-order valence-electron chi connectivity index (χ3n) is 5.77. The van der Waals surface area contributed by atoms with Crippen LogP contribution in [-0.2, 0) is 4.79 Å². The van der Waals surface area contributed by atoms with Gasteiger partial charge in [0.2, 0.25) is 6.41 Å². The minimum atomic E-state index is 0.156. The summed E-state index contributed by atoms with van der Waals surface area (Å²) >= 11 is 0. The van der Waals surface area contributed by atoms with Gasteiger partial charge in [-0.15, -0.1) is 0 Å². The zero-order valence-electron chi connectivity index (χ0n) is 18.9. The molecule has 0 spiro atoms. The van der Waals surface area contributed by atoms with Crippen molar-refractivity contribution in [1.29, 1.82) is 0 Å². The fourth-order valence-electron chi connectivity index (χ4n) is 3.97. The van der Waals surface area contributed by atoms with Crippen molar-refractivity contribution >= 4 is 18.0 Å². The number of likely N-dealkylation sites (tertiary alicyclic amines) is 1. The Morgan fingerprint density at radius 3 is 2.12 bits per heavy atom. The highest BCUT2D eigenvalue weighted by Gasteiger charge is 2.28. The molecule has 3 aromatic rings. The normalized spacial score (nSPS) is 15.5. The second kappa shape index (κ2) is 11.8. The largest absolute Gasteiger partial charge is 0.332 e. The number of nitrogens with one attached hydrogen (secondary N) is 1. The van der Waals surface area contributed by atoms with Gasteiger partial charge in [0.25, 0.3) is 5.91 Å². The Labute approximate surface area is 191 Å². The van der Waals surface area contributed by atoms with Gasteiger partial charge in [0, 0.05) is 17.8 Å². The quantitative estimate of drug-likeness (QED) is 0.476. The third-order valence-corrected chi connectivity index (χ3v) is 5.77. The molecule has 1 saturated heterocycles. The van der Waals surface area contributed by atoms with Gasteiger partial charge in [-0.25, -0.2) is 0 Å². The summed E-state index contributed by atoms with van der Waals surface area (Å²) in [5.41, 5.74) is 4.23. The molecule has 0 bridgehead atoms. The van der Waals surface area contributed by atoms with Gasteiger partial charge in [-0.2, -0.15) is 0 Å². The number of hydrogen-bond acceptors (Lipinski definition) is 2. The van der Waals surface area contributed by atoms with Crippen LogP contribution in [0, 0.1) is 0 Å². The van der Waals surface area contributed by atoms with Gasteiger partial charge in [0.15, 0.2) is 0 Å². The molecule has 0 saturated carbocycles. The standard InChI is InChI=1S/C21H25NO.C7H7NO/c1-16(2)17-11-13-18(14-12-17)20-10-6-7-15-22(20)21(23)19-8-4-3-5-9-19;9-6-8-7-4-2-1-3-5-7/h3-5,8-9,11-14,16,20H,6-7,10,15H2,1-2H3;1-6H,(H,8,9). The first-order valence-electron chi connectivity index (χ1n) is 11.3. The van der Waals surface area contributed by atoms with E-state index < -0.39 is 0 Å². The van der Waals surface area contributed by atoms with Crippen LogP contribution in [0.4, 0.5) is 5.69 Å². The second-order valence-corrected chi connectivity index (χ2v) is 8.33. The lowest BCUT2D eigenvalue weighted by molar-refractivity contribution is -0.105. The SMILES string of the molecule is CC(C)c1ccc(C2CCCCN2C(=O)c2ccccc2)cc1.O=CNc1ccccc1. The van der Waals surface area contributed by atoms with Gasteiger partial charge in [-0.05, 0) is 60.6 Å². The zero-order valence-corrected chi connectivity index (χ0v) is 18.9. The summed E-state index contributed by atoms with van der Waals surface area (Å²) in [4.78, 5) is 24.8. The average Bonchev–Trinajstić information content (AvgIpc) is 2.85. The molecule has 32 heavy (non-hydrogen) atoms. The summed E-state index contributed by atoms with van der Waals surface area (Å²) in [6.07, 6.45) is 4.00. The highest BCUT2D eigenvalue weighted by Crippen LogP contribution is 2.32. The smallest absolute Gasteiger partial charge is 0.254 e. The predicted octanol–water partition coefficient (Wildman–Crippen LogP) is 6.43. The molecule has 0 aromatic heterocycles. The zero-order chi connectivity index (χ0) is 22.8. The molecule has 0 radical (unpaired) electrons. The predicted molar refractivity (Wildman–Crippen MR) is 131 cm³/mol. The van der Waals surface area contributed by atoms with Gasteiger partial charge in [-0.3, -0.25) is 9.59 Å². The van der Waals surface area contributed by atoms with Crippen LogP contribution in [-0.4, -0.2) is 23.8 Å². The lowest BCUT2D eigenvalue weighted by Crippen LogP contribution is -2.38. The van der Waals surface area contributed by atoms with Crippen molar-refractivity contribution in [3.8, 4) is 0 Å². The van der Waals surface area contributed by atoms with Crippen molar-refractivity contribution in [3.63, 3.8) is 0 Å². The summed E-state index contributed by atoms with van der Waals surface area (Å²) in [7, 11) is 0. The van der Waals surface area contributed by atoms with E-state index in [0.717, 1.165) is 30.6 Å².